The SMILES string of the molecule is Bc1ccc(C(=N)N)nc1. The van der Waals surface area contributed by atoms with E-state index in [0.717, 1.165) is 5.46 Å². The predicted octanol–water partition coefficient (Wildman–Crippen LogP) is -1.38. The zero-order valence-electron chi connectivity index (χ0n) is 5.76. The lowest BCUT2D eigenvalue weighted by Crippen LogP contribution is -2.15. The fourth-order valence-electron chi connectivity index (χ4n) is 0.627. The van der Waals surface area contributed by atoms with Crippen LogP contribution in [0.25, 0.3) is 0 Å². The maximum atomic E-state index is 7.02. The van der Waals surface area contributed by atoms with Crippen molar-refractivity contribution in [2.24, 2.45) is 5.73 Å². The van der Waals surface area contributed by atoms with Crippen LogP contribution in [0.2, 0.25) is 0 Å². The fourth-order valence-corrected chi connectivity index (χ4v) is 0.627. The molecule has 0 fully saturated rings. The summed E-state index contributed by atoms with van der Waals surface area (Å²) >= 11 is 0. The Bertz CT molecular complexity index is 242. The molecule has 10 heavy (non-hydrogen) atoms. The van der Waals surface area contributed by atoms with Crippen LogP contribution in [0.15, 0.2) is 18.3 Å². The van der Waals surface area contributed by atoms with Crippen LogP contribution < -0.4 is 11.2 Å². The van der Waals surface area contributed by atoms with E-state index in [0.29, 0.717) is 5.69 Å². The summed E-state index contributed by atoms with van der Waals surface area (Å²) < 4.78 is 0. The molecule has 1 aromatic rings. The van der Waals surface area contributed by atoms with E-state index in [1.807, 2.05) is 13.9 Å². The Hall–Kier alpha value is -1.32. The number of nitrogens with two attached hydrogens (primary N) is 1. The molecule has 0 unspecified atom stereocenters. The van der Waals surface area contributed by atoms with Crippen LogP contribution in [0.3, 0.4) is 0 Å². The van der Waals surface area contributed by atoms with Crippen molar-refractivity contribution in [3.05, 3.63) is 24.0 Å². The van der Waals surface area contributed by atoms with Crippen LogP contribution in [-0.4, -0.2) is 18.7 Å². The third-order valence-electron chi connectivity index (χ3n) is 1.19. The molecule has 0 amide bonds. The Morgan fingerprint density at radius 3 is 2.70 bits per heavy atom. The summed E-state index contributed by atoms with van der Waals surface area (Å²) in [5.74, 6) is 0.0139. The molecule has 0 aromatic carbocycles. The normalized spacial score (nSPS) is 9.20. The standard InChI is InChI=1S/C6H8BN3/c7-4-1-2-5(6(8)9)10-3-4/h1-3H,7H2,(H3,8,9). The van der Waals surface area contributed by atoms with E-state index < -0.39 is 0 Å². The lowest BCUT2D eigenvalue weighted by atomic mass is 9.99. The Morgan fingerprint density at radius 2 is 2.30 bits per heavy atom. The smallest absolute Gasteiger partial charge is 0.141 e. The van der Waals surface area contributed by atoms with Crippen molar-refractivity contribution in [3.63, 3.8) is 0 Å². The van der Waals surface area contributed by atoms with Crippen molar-refractivity contribution in [1.82, 2.24) is 4.98 Å². The average Bonchev–Trinajstić information content (AvgIpc) is 1.88. The lowest BCUT2D eigenvalue weighted by Gasteiger charge is -1.95. The predicted molar refractivity (Wildman–Crippen MR) is 43.4 cm³/mol. The molecule has 0 saturated carbocycles. The third-order valence-corrected chi connectivity index (χ3v) is 1.19. The summed E-state index contributed by atoms with van der Waals surface area (Å²) in [7, 11) is 1.94. The first-order valence-electron chi connectivity index (χ1n) is 2.97. The molecule has 4 heteroatoms. The highest BCUT2D eigenvalue weighted by Crippen LogP contribution is 1.87. The van der Waals surface area contributed by atoms with Crippen LogP contribution in [0.5, 0.6) is 0 Å². The van der Waals surface area contributed by atoms with Crippen LogP contribution >= 0.6 is 0 Å². The Balaban J connectivity index is 3.00. The van der Waals surface area contributed by atoms with Gasteiger partial charge in [0.15, 0.2) is 0 Å². The number of nitrogen functional groups attached to an aromatic ring is 1. The number of nitrogens with one attached hydrogen (secondary N) is 1. The van der Waals surface area contributed by atoms with E-state index >= 15 is 0 Å². The summed E-state index contributed by atoms with van der Waals surface area (Å²) in [5.41, 5.74) is 6.79. The minimum Gasteiger partial charge on any atom is -0.382 e. The van der Waals surface area contributed by atoms with E-state index in [-0.39, 0.29) is 5.84 Å². The van der Waals surface area contributed by atoms with Crippen LogP contribution in [0.1, 0.15) is 5.69 Å². The number of amidine groups is 1. The van der Waals surface area contributed by atoms with Gasteiger partial charge in [-0.25, -0.2) is 0 Å². The highest BCUT2D eigenvalue weighted by Gasteiger charge is 1.94. The largest absolute Gasteiger partial charge is 0.382 e. The molecule has 0 aliphatic rings. The molecule has 3 N–H and O–H groups in total. The third kappa shape index (κ3) is 1.34. The summed E-state index contributed by atoms with van der Waals surface area (Å²) in [6.07, 6.45) is 1.69. The van der Waals surface area contributed by atoms with Crippen molar-refractivity contribution in [2.45, 2.75) is 0 Å². The van der Waals surface area contributed by atoms with E-state index in [9.17, 15) is 0 Å². The van der Waals surface area contributed by atoms with Crippen molar-refractivity contribution < 1.29 is 0 Å². The molecule has 3 nitrogen and oxygen atoms in total. The second kappa shape index (κ2) is 2.52. The maximum absolute atomic E-state index is 7.02. The molecule has 0 radical (unpaired) electrons. The first-order valence-corrected chi connectivity index (χ1v) is 2.97. The van der Waals surface area contributed by atoms with Crippen LogP contribution in [0.4, 0.5) is 0 Å². The van der Waals surface area contributed by atoms with Gasteiger partial charge in [0, 0.05) is 6.20 Å². The van der Waals surface area contributed by atoms with Gasteiger partial charge in [-0.05, 0) is 6.07 Å². The van der Waals surface area contributed by atoms with Gasteiger partial charge in [-0.2, -0.15) is 0 Å². The first-order chi connectivity index (χ1) is 4.70. The van der Waals surface area contributed by atoms with Gasteiger partial charge in [-0.15, -0.1) is 0 Å². The van der Waals surface area contributed by atoms with E-state index in [1.165, 1.54) is 0 Å². The molecule has 0 atom stereocenters. The van der Waals surface area contributed by atoms with Crippen molar-refractivity contribution in [2.75, 3.05) is 0 Å². The fraction of sp³-hybridized carbons (Fsp3) is 0. The van der Waals surface area contributed by atoms with Crippen molar-refractivity contribution in [3.8, 4) is 0 Å². The molecule has 0 saturated heterocycles. The lowest BCUT2D eigenvalue weighted by molar-refractivity contribution is 1.27. The quantitative estimate of drug-likeness (QED) is 0.282. The molecule has 1 aromatic heterocycles. The highest BCUT2D eigenvalue weighted by atomic mass is 14.8. The van der Waals surface area contributed by atoms with Gasteiger partial charge in [0.2, 0.25) is 0 Å². The van der Waals surface area contributed by atoms with Gasteiger partial charge in [-0.1, -0.05) is 11.5 Å². The van der Waals surface area contributed by atoms with Crippen molar-refractivity contribution in [1.29, 1.82) is 5.41 Å². The van der Waals surface area contributed by atoms with Gasteiger partial charge in [0.25, 0.3) is 0 Å². The molecule has 0 aliphatic heterocycles. The van der Waals surface area contributed by atoms with Gasteiger partial charge in [0.1, 0.15) is 19.4 Å². The van der Waals surface area contributed by atoms with Gasteiger partial charge in [-0.3, -0.25) is 10.4 Å². The summed E-state index contributed by atoms with van der Waals surface area (Å²) in [4.78, 5) is 3.93. The molecule has 0 spiro atoms. The Kier molecular flexibility index (Phi) is 1.71. The zero-order chi connectivity index (χ0) is 7.56. The molecular formula is C6H8BN3. The highest BCUT2D eigenvalue weighted by molar-refractivity contribution is 6.32. The number of nitrogens with zero attached hydrogens (tertiary/aromatic N) is 1. The van der Waals surface area contributed by atoms with Gasteiger partial charge >= 0.3 is 0 Å². The topological polar surface area (TPSA) is 62.8 Å². The Labute approximate surface area is 60.2 Å². The zero-order valence-corrected chi connectivity index (χ0v) is 5.76. The monoisotopic (exact) mass is 133 g/mol. The molecule has 0 aliphatic carbocycles. The number of pyridine rings is 1. The van der Waals surface area contributed by atoms with E-state index in [1.54, 1.807) is 12.3 Å². The van der Waals surface area contributed by atoms with E-state index in [4.69, 9.17) is 11.1 Å². The minimum absolute atomic E-state index is 0.0139. The molecule has 1 heterocycles. The Morgan fingerprint density at radius 1 is 1.60 bits per heavy atom. The maximum Gasteiger partial charge on any atom is 0.141 e. The summed E-state index contributed by atoms with van der Waals surface area (Å²) in [6, 6.07) is 3.61. The average molecular weight is 133 g/mol. The van der Waals surface area contributed by atoms with Crippen molar-refractivity contribution >= 4 is 19.1 Å². The second-order valence-corrected chi connectivity index (χ2v) is 2.13. The molecule has 50 valence electrons. The number of hydrogen-bond donors (Lipinski definition) is 2. The number of aromatic nitrogens is 1. The van der Waals surface area contributed by atoms with Crippen LogP contribution in [0, 0.1) is 5.41 Å². The van der Waals surface area contributed by atoms with Gasteiger partial charge in [0.05, 0.1) is 0 Å². The summed E-state index contributed by atoms with van der Waals surface area (Å²) in [6.45, 7) is 0. The molecule has 0 bridgehead atoms. The minimum atomic E-state index is 0.0139. The second-order valence-electron chi connectivity index (χ2n) is 2.13. The van der Waals surface area contributed by atoms with Gasteiger partial charge < -0.3 is 5.73 Å². The number of rotatable bonds is 1. The summed E-state index contributed by atoms with van der Waals surface area (Å²) in [5, 5.41) is 7.02. The van der Waals surface area contributed by atoms with E-state index in [2.05, 4.69) is 4.98 Å². The molecule has 1 rings (SSSR count). The first kappa shape index (κ1) is 6.80. The molecular weight excluding hydrogens is 125 g/mol. The number of hydrogen-bond acceptors (Lipinski definition) is 2. The van der Waals surface area contributed by atoms with Crippen LogP contribution in [-0.2, 0) is 0 Å².